The molecule has 0 aliphatic rings. The van der Waals surface area contributed by atoms with Crippen LogP contribution in [0.1, 0.15) is 0 Å². The molecule has 28 heavy (non-hydrogen) atoms. The molecule has 0 bridgehead atoms. The summed E-state index contributed by atoms with van der Waals surface area (Å²) in [7, 11) is -2.65. The molecule has 0 fully saturated rings. The van der Waals surface area contributed by atoms with Crippen LogP contribution in [0.2, 0.25) is 0 Å². The van der Waals surface area contributed by atoms with Crippen LogP contribution in [-0.2, 0) is 10.0 Å². The van der Waals surface area contributed by atoms with E-state index in [0.717, 1.165) is 20.6 Å². The maximum atomic E-state index is 13.9. The molecule has 4 aromatic rings. The highest BCUT2D eigenvalue weighted by molar-refractivity contribution is 7.92. The molecule has 0 unspecified atom stereocenters. The van der Waals surface area contributed by atoms with E-state index in [0.29, 0.717) is 17.3 Å². The van der Waals surface area contributed by atoms with Gasteiger partial charge in [-0.2, -0.15) is 0 Å². The van der Waals surface area contributed by atoms with Gasteiger partial charge < -0.3 is 4.74 Å². The number of hydrogen-bond donors (Lipinski definition) is 0. The number of nitrogens with zero attached hydrogens (tertiary/aromatic N) is 3. The molecule has 0 saturated heterocycles. The molecule has 9 heteroatoms. The highest BCUT2D eigenvalue weighted by atomic mass is 32.2. The lowest BCUT2D eigenvalue weighted by atomic mass is 10.3. The van der Waals surface area contributed by atoms with Crippen LogP contribution in [-0.4, -0.2) is 25.4 Å². The fourth-order valence-corrected chi connectivity index (χ4v) is 4.61. The zero-order valence-electron chi connectivity index (χ0n) is 14.6. The van der Waals surface area contributed by atoms with Gasteiger partial charge in [-0.05, 0) is 47.8 Å². The van der Waals surface area contributed by atoms with E-state index in [1.165, 1.54) is 42.9 Å². The lowest BCUT2D eigenvalue weighted by molar-refractivity contribution is 0.468. The lowest BCUT2D eigenvalue weighted by Crippen LogP contribution is -2.27. The molecule has 0 atom stereocenters. The average molecular weight is 415 g/mol. The van der Waals surface area contributed by atoms with E-state index in [9.17, 15) is 12.8 Å². The molecule has 142 valence electrons. The molecule has 0 aliphatic carbocycles. The predicted octanol–water partition coefficient (Wildman–Crippen LogP) is 4.45. The quantitative estimate of drug-likeness (QED) is 0.482. The summed E-state index contributed by atoms with van der Waals surface area (Å²) in [4.78, 5) is 8.75. The van der Waals surface area contributed by atoms with E-state index in [2.05, 4.69) is 9.97 Å². The Labute approximate surface area is 164 Å². The Morgan fingerprint density at radius 1 is 1.04 bits per heavy atom. The fourth-order valence-electron chi connectivity index (χ4n) is 2.62. The number of hydrogen-bond acceptors (Lipinski definition) is 6. The number of thiophene rings is 1. The molecule has 0 amide bonds. The molecule has 6 nitrogen and oxygen atoms in total. The number of aromatic nitrogens is 2. The Hall–Kier alpha value is -3.04. The second-order valence-electron chi connectivity index (χ2n) is 5.82. The number of anilines is 1. The molecule has 0 N–H and O–H groups in total. The SMILES string of the molecule is CN(c1ccc(Oc2ncnc3sccc23)cc1)S(=O)(=O)c1ccccc1F. The minimum Gasteiger partial charge on any atom is -0.438 e. The highest BCUT2D eigenvalue weighted by Gasteiger charge is 2.24. The summed E-state index contributed by atoms with van der Waals surface area (Å²) in [5.74, 6) is 0.121. The molecule has 0 radical (unpaired) electrons. The second-order valence-corrected chi connectivity index (χ2v) is 8.65. The first-order valence-electron chi connectivity index (χ1n) is 8.16. The van der Waals surface area contributed by atoms with Crippen molar-refractivity contribution in [2.24, 2.45) is 0 Å². The van der Waals surface area contributed by atoms with Gasteiger partial charge in [-0.3, -0.25) is 4.31 Å². The van der Waals surface area contributed by atoms with E-state index in [4.69, 9.17) is 4.74 Å². The van der Waals surface area contributed by atoms with Crippen molar-refractivity contribution >= 4 is 37.3 Å². The maximum Gasteiger partial charge on any atom is 0.266 e. The molecule has 2 aromatic heterocycles. The second kappa shape index (κ2) is 7.17. The highest BCUT2D eigenvalue weighted by Crippen LogP contribution is 2.31. The van der Waals surface area contributed by atoms with Crippen LogP contribution in [0.15, 0.2) is 71.2 Å². The Morgan fingerprint density at radius 3 is 2.54 bits per heavy atom. The van der Waals surface area contributed by atoms with Gasteiger partial charge in [0.15, 0.2) is 0 Å². The van der Waals surface area contributed by atoms with Crippen molar-refractivity contribution in [3.8, 4) is 11.6 Å². The van der Waals surface area contributed by atoms with E-state index in [1.54, 1.807) is 24.3 Å². The smallest absolute Gasteiger partial charge is 0.266 e. The van der Waals surface area contributed by atoms with Gasteiger partial charge >= 0.3 is 0 Å². The standard InChI is InChI=1S/C19H14FN3O3S2/c1-23(28(24,25)17-5-3-2-4-16(17)20)13-6-8-14(9-7-13)26-18-15-10-11-27-19(15)22-12-21-18/h2-12H,1H3. The lowest BCUT2D eigenvalue weighted by Gasteiger charge is -2.20. The summed E-state index contributed by atoms with van der Waals surface area (Å²) in [6.45, 7) is 0. The molecular weight excluding hydrogens is 401 g/mol. The van der Waals surface area contributed by atoms with Gasteiger partial charge in [-0.25, -0.2) is 22.8 Å². The van der Waals surface area contributed by atoms with Crippen LogP contribution in [0.3, 0.4) is 0 Å². The van der Waals surface area contributed by atoms with Crippen LogP contribution in [0, 0.1) is 5.82 Å². The third-order valence-electron chi connectivity index (χ3n) is 4.12. The Balaban J connectivity index is 1.59. The largest absolute Gasteiger partial charge is 0.438 e. The number of rotatable bonds is 5. The predicted molar refractivity (Wildman–Crippen MR) is 106 cm³/mol. The van der Waals surface area contributed by atoms with Crippen molar-refractivity contribution in [1.29, 1.82) is 0 Å². The fraction of sp³-hybridized carbons (Fsp3) is 0.0526. The third kappa shape index (κ3) is 3.30. The van der Waals surface area contributed by atoms with Gasteiger partial charge in [0.05, 0.1) is 11.1 Å². The van der Waals surface area contributed by atoms with Gasteiger partial charge in [-0.15, -0.1) is 11.3 Å². The number of halogens is 1. The first-order chi connectivity index (χ1) is 13.5. The van der Waals surface area contributed by atoms with Crippen molar-refractivity contribution in [3.63, 3.8) is 0 Å². The average Bonchev–Trinajstić information content (AvgIpc) is 3.18. The van der Waals surface area contributed by atoms with Crippen LogP contribution in [0.4, 0.5) is 10.1 Å². The molecule has 4 rings (SSSR count). The Kier molecular flexibility index (Phi) is 4.70. The van der Waals surface area contributed by atoms with E-state index >= 15 is 0 Å². The molecule has 2 aromatic carbocycles. The van der Waals surface area contributed by atoms with Gasteiger partial charge in [0, 0.05) is 7.05 Å². The number of benzene rings is 2. The molecule has 0 saturated carbocycles. The van der Waals surface area contributed by atoms with Crippen LogP contribution >= 0.6 is 11.3 Å². The van der Waals surface area contributed by atoms with Crippen molar-refractivity contribution in [2.45, 2.75) is 4.90 Å². The van der Waals surface area contributed by atoms with Gasteiger partial charge in [0.1, 0.15) is 27.6 Å². The Morgan fingerprint density at radius 2 is 1.79 bits per heavy atom. The summed E-state index contributed by atoms with van der Waals surface area (Å²) >= 11 is 1.49. The van der Waals surface area contributed by atoms with Crippen molar-refractivity contribution < 1.29 is 17.5 Å². The van der Waals surface area contributed by atoms with E-state index in [1.807, 2.05) is 11.4 Å². The van der Waals surface area contributed by atoms with Crippen molar-refractivity contribution in [2.75, 3.05) is 11.4 Å². The topological polar surface area (TPSA) is 72.4 Å². The number of sulfonamides is 1. The van der Waals surface area contributed by atoms with Gasteiger partial charge in [0.2, 0.25) is 5.88 Å². The first-order valence-corrected chi connectivity index (χ1v) is 10.5. The zero-order valence-corrected chi connectivity index (χ0v) is 16.2. The summed E-state index contributed by atoms with van der Waals surface area (Å²) < 4.78 is 46.1. The Bertz CT molecular complexity index is 1240. The van der Waals surface area contributed by atoms with Gasteiger partial charge in [-0.1, -0.05) is 12.1 Å². The minimum atomic E-state index is -4.02. The maximum absolute atomic E-state index is 13.9. The van der Waals surface area contributed by atoms with E-state index in [-0.39, 0.29) is 4.90 Å². The van der Waals surface area contributed by atoms with Crippen molar-refractivity contribution in [1.82, 2.24) is 9.97 Å². The zero-order chi connectivity index (χ0) is 19.7. The monoisotopic (exact) mass is 415 g/mol. The van der Waals surface area contributed by atoms with Crippen LogP contribution in [0.25, 0.3) is 10.2 Å². The van der Waals surface area contributed by atoms with Crippen LogP contribution in [0.5, 0.6) is 11.6 Å². The third-order valence-corrected chi connectivity index (χ3v) is 6.75. The number of fused-ring (bicyclic) bond motifs is 1. The number of ether oxygens (including phenoxy) is 1. The molecule has 0 spiro atoms. The summed E-state index contributed by atoms with van der Waals surface area (Å²) in [6.07, 6.45) is 1.43. The molecular formula is C19H14FN3O3S2. The van der Waals surface area contributed by atoms with Crippen molar-refractivity contribution in [3.05, 3.63) is 72.1 Å². The molecule has 2 heterocycles. The summed E-state index contributed by atoms with van der Waals surface area (Å²) in [5, 5.41) is 2.70. The molecule has 0 aliphatic heterocycles. The normalized spacial score (nSPS) is 11.5. The van der Waals surface area contributed by atoms with E-state index < -0.39 is 15.8 Å². The summed E-state index contributed by atoms with van der Waals surface area (Å²) in [6, 6.07) is 13.6. The summed E-state index contributed by atoms with van der Waals surface area (Å²) in [5.41, 5.74) is 0.374. The first kappa shape index (κ1) is 18.3. The minimum absolute atomic E-state index is 0.374. The van der Waals surface area contributed by atoms with Gasteiger partial charge in [0.25, 0.3) is 10.0 Å². The van der Waals surface area contributed by atoms with Crippen LogP contribution < -0.4 is 9.04 Å².